The Labute approximate surface area is 170 Å². The summed E-state index contributed by atoms with van der Waals surface area (Å²) in [6.07, 6.45) is 0.684. The van der Waals surface area contributed by atoms with Crippen molar-refractivity contribution in [3.63, 3.8) is 0 Å². The lowest BCUT2D eigenvalue weighted by molar-refractivity contribution is 0.240. The standard InChI is InChI=1S/C19H19N5O2S2/c1-26-15-6-4-13(5-7-15)11-21-18(25)20-9-8-14-12-28-19-22-17(23-24(14)19)16-3-2-10-27-16/h2-7,10,12H,8-9,11H2,1H3,(H2,20,21,25). The van der Waals surface area contributed by atoms with Gasteiger partial charge < -0.3 is 15.4 Å². The zero-order chi connectivity index (χ0) is 19.3. The fraction of sp³-hybridized carbons (Fsp3) is 0.211. The molecule has 0 saturated heterocycles. The Morgan fingerprint density at radius 1 is 1.18 bits per heavy atom. The number of ether oxygens (including phenoxy) is 1. The smallest absolute Gasteiger partial charge is 0.315 e. The minimum Gasteiger partial charge on any atom is -0.497 e. The predicted molar refractivity (Wildman–Crippen MR) is 111 cm³/mol. The zero-order valence-electron chi connectivity index (χ0n) is 15.2. The third kappa shape index (κ3) is 4.15. The molecule has 0 spiro atoms. The number of amides is 2. The van der Waals surface area contributed by atoms with Gasteiger partial charge in [0, 0.05) is 24.9 Å². The Morgan fingerprint density at radius 3 is 2.79 bits per heavy atom. The SMILES string of the molecule is COc1ccc(CNC(=O)NCCc2csc3nc(-c4cccs4)nn23)cc1. The molecule has 0 aliphatic carbocycles. The number of carbonyl (C=O) groups is 1. The first kappa shape index (κ1) is 18.5. The molecule has 0 fully saturated rings. The third-order valence-corrected chi connectivity index (χ3v) is 5.90. The van der Waals surface area contributed by atoms with Gasteiger partial charge in [-0.15, -0.1) is 27.8 Å². The van der Waals surface area contributed by atoms with Crippen molar-refractivity contribution in [3.05, 3.63) is 58.4 Å². The minimum absolute atomic E-state index is 0.194. The van der Waals surface area contributed by atoms with Crippen LogP contribution in [0, 0.1) is 0 Å². The Hall–Kier alpha value is -2.91. The molecule has 0 saturated carbocycles. The maximum atomic E-state index is 12.0. The summed E-state index contributed by atoms with van der Waals surface area (Å²) in [5.74, 6) is 1.54. The molecule has 144 valence electrons. The van der Waals surface area contributed by atoms with Crippen molar-refractivity contribution in [3.8, 4) is 16.5 Å². The number of urea groups is 1. The van der Waals surface area contributed by atoms with Gasteiger partial charge in [0.25, 0.3) is 0 Å². The van der Waals surface area contributed by atoms with E-state index in [0.29, 0.717) is 19.5 Å². The summed E-state index contributed by atoms with van der Waals surface area (Å²) in [4.78, 5) is 18.5. The molecule has 1 aromatic carbocycles. The lowest BCUT2D eigenvalue weighted by atomic mass is 10.2. The summed E-state index contributed by atoms with van der Waals surface area (Å²) >= 11 is 3.18. The van der Waals surface area contributed by atoms with Crippen LogP contribution in [-0.4, -0.2) is 34.3 Å². The summed E-state index contributed by atoms with van der Waals surface area (Å²) in [6.45, 7) is 0.986. The number of nitrogens with one attached hydrogen (secondary N) is 2. The van der Waals surface area contributed by atoms with Gasteiger partial charge in [-0.25, -0.2) is 9.31 Å². The maximum absolute atomic E-state index is 12.0. The highest BCUT2D eigenvalue weighted by molar-refractivity contribution is 7.15. The Balaban J connectivity index is 1.28. The highest BCUT2D eigenvalue weighted by Gasteiger charge is 2.12. The van der Waals surface area contributed by atoms with Crippen molar-refractivity contribution in [2.45, 2.75) is 13.0 Å². The molecule has 2 amide bonds. The first-order valence-electron chi connectivity index (χ1n) is 8.74. The summed E-state index contributed by atoms with van der Waals surface area (Å²) in [5.41, 5.74) is 2.05. The largest absolute Gasteiger partial charge is 0.497 e. The minimum atomic E-state index is -0.194. The first-order valence-corrected chi connectivity index (χ1v) is 10.5. The molecule has 28 heavy (non-hydrogen) atoms. The van der Waals surface area contributed by atoms with Crippen LogP contribution in [0.25, 0.3) is 15.7 Å². The van der Waals surface area contributed by atoms with E-state index in [4.69, 9.17) is 4.74 Å². The third-order valence-electron chi connectivity index (χ3n) is 4.17. The lowest BCUT2D eigenvalue weighted by Gasteiger charge is -2.08. The number of carbonyl (C=O) groups excluding carboxylic acids is 1. The van der Waals surface area contributed by atoms with E-state index in [1.165, 1.54) is 0 Å². The average molecular weight is 414 g/mol. The average Bonchev–Trinajstić information content (AvgIpc) is 3.44. The number of thiophene rings is 1. The predicted octanol–water partition coefficient (Wildman–Crippen LogP) is 3.57. The van der Waals surface area contributed by atoms with E-state index in [-0.39, 0.29) is 6.03 Å². The van der Waals surface area contributed by atoms with Crippen molar-refractivity contribution < 1.29 is 9.53 Å². The van der Waals surface area contributed by atoms with Crippen molar-refractivity contribution >= 4 is 33.7 Å². The van der Waals surface area contributed by atoms with Crippen molar-refractivity contribution in [2.75, 3.05) is 13.7 Å². The van der Waals surface area contributed by atoms with Crippen LogP contribution in [0.5, 0.6) is 5.75 Å². The summed E-state index contributed by atoms with van der Waals surface area (Å²) in [7, 11) is 1.63. The number of aromatic nitrogens is 3. The molecule has 0 aliphatic heterocycles. The molecule has 3 aromatic heterocycles. The van der Waals surface area contributed by atoms with E-state index in [1.807, 2.05) is 51.7 Å². The normalized spacial score (nSPS) is 10.9. The molecule has 0 radical (unpaired) electrons. The van der Waals surface area contributed by atoms with Crippen LogP contribution in [0.2, 0.25) is 0 Å². The number of fused-ring (bicyclic) bond motifs is 1. The zero-order valence-corrected chi connectivity index (χ0v) is 16.8. The fourth-order valence-corrected chi connectivity index (χ4v) is 4.21. The van der Waals surface area contributed by atoms with Crippen LogP contribution < -0.4 is 15.4 Å². The number of thiazole rings is 1. The van der Waals surface area contributed by atoms with Gasteiger partial charge in [-0.05, 0) is 29.1 Å². The van der Waals surface area contributed by atoms with Gasteiger partial charge in [0.05, 0.1) is 17.7 Å². The molecular weight excluding hydrogens is 394 g/mol. The number of hydrogen-bond donors (Lipinski definition) is 2. The molecule has 0 unspecified atom stereocenters. The molecule has 2 N–H and O–H groups in total. The monoisotopic (exact) mass is 413 g/mol. The second-order valence-electron chi connectivity index (χ2n) is 6.04. The number of nitrogens with zero attached hydrogens (tertiary/aromatic N) is 3. The number of benzene rings is 1. The van der Waals surface area contributed by atoms with Gasteiger partial charge in [0.2, 0.25) is 4.96 Å². The van der Waals surface area contributed by atoms with E-state index >= 15 is 0 Å². The lowest BCUT2D eigenvalue weighted by Crippen LogP contribution is -2.36. The van der Waals surface area contributed by atoms with Crippen LogP contribution in [0.1, 0.15) is 11.3 Å². The van der Waals surface area contributed by atoms with Gasteiger partial charge in [0.1, 0.15) is 5.75 Å². The Kier molecular flexibility index (Phi) is 5.54. The number of hydrogen-bond acceptors (Lipinski definition) is 6. The molecule has 4 aromatic rings. The molecule has 7 nitrogen and oxygen atoms in total. The maximum Gasteiger partial charge on any atom is 0.315 e. The topological polar surface area (TPSA) is 80.5 Å². The van der Waals surface area contributed by atoms with E-state index in [2.05, 4.69) is 20.7 Å². The molecular formula is C19H19N5O2S2. The second-order valence-corrected chi connectivity index (χ2v) is 7.83. The van der Waals surface area contributed by atoms with Crippen LogP contribution in [-0.2, 0) is 13.0 Å². The second kappa shape index (κ2) is 8.41. The first-order chi connectivity index (χ1) is 13.7. The van der Waals surface area contributed by atoms with E-state index in [0.717, 1.165) is 32.7 Å². The van der Waals surface area contributed by atoms with Crippen molar-refractivity contribution in [1.29, 1.82) is 0 Å². The highest BCUT2D eigenvalue weighted by atomic mass is 32.1. The quantitative estimate of drug-likeness (QED) is 0.485. The summed E-state index contributed by atoms with van der Waals surface area (Å²) < 4.78 is 6.98. The fourth-order valence-electron chi connectivity index (χ4n) is 2.70. The van der Waals surface area contributed by atoms with Crippen molar-refractivity contribution in [2.24, 2.45) is 0 Å². The summed E-state index contributed by atoms with van der Waals surface area (Å²) in [5, 5.41) is 14.4. The van der Waals surface area contributed by atoms with Crippen LogP contribution in [0.3, 0.4) is 0 Å². The van der Waals surface area contributed by atoms with Crippen LogP contribution >= 0.6 is 22.7 Å². The number of methoxy groups -OCH3 is 1. The van der Waals surface area contributed by atoms with E-state index in [1.54, 1.807) is 29.8 Å². The Bertz CT molecular complexity index is 1050. The number of rotatable bonds is 7. The van der Waals surface area contributed by atoms with Crippen LogP contribution in [0.15, 0.2) is 47.2 Å². The molecule has 0 bridgehead atoms. The summed E-state index contributed by atoms with van der Waals surface area (Å²) in [6, 6.07) is 11.4. The van der Waals surface area contributed by atoms with E-state index in [9.17, 15) is 4.79 Å². The van der Waals surface area contributed by atoms with Gasteiger partial charge in [-0.2, -0.15) is 4.98 Å². The van der Waals surface area contributed by atoms with Gasteiger partial charge >= 0.3 is 6.03 Å². The molecule has 9 heteroatoms. The molecule has 0 atom stereocenters. The molecule has 0 aliphatic rings. The molecule has 4 rings (SSSR count). The van der Waals surface area contributed by atoms with Gasteiger partial charge in [-0.1, -0.05) is 18.2 Å². The van der Waals surface area contributed by atoms with Crippen molar-refractivity contribution in [1.82, 2.24) is 25.2 Å². The van der Waals surface area contributed by atoms with Crippen LogP contribution in [0.4, 0.5) is 4.79 Å². The molecule has 3 heterocycles. The van der Waals surface area contributed by atoms with Gasteiger partial charge in [-0.3, -0.25) is 0 Å². The Morgan fingerprint density at radius 2 is 2.04 bits per heavy atom. The van der Waals surface area contributed by atoms with E-state index < -0.39 is 0 Å². The van der Waals surface area contributed by atoms with Gasteiger partial charge in [0.15, 0.2) is 5.82 Å². The highest BCUT2D eigenvalue weighted by Crippen LogP contribution is 2.24.